The van der Waals surface area contributed by atoms with Crippen LogP contribution in [0.5, 0.6) is 0 Å². The van der Waals surface area contributed by atoms with E-state index >= 15 is 0 Å². The zero-order valence-electron chi connectivity index (χ0n) is 11.5. The number of rotatable bonds is 3. The molecule has 0 spiro atoms. The second-order valence-corrected chi connectivity index (χ2v) is 5.39. The monoisotopic (exact) mass is 261 g/mol. The number of hydrogen-bond donors (Lipinski definition) is 0. The SMILES string of the molecule is c1ccc2c(c1)CCCCN2CCC1OCCCO1. The third-order valence-electron chi connectivity index (χ3n) is 3.99. The van der Waals surface area contributed by atoms with Gasteiger partial charge in [0.1, 0.15) is 0 Å². The predicted octanol–water partition coefficient (Wildman–Crippen LogP) is 2.98. The second kappa shape index (κ2) is 6.40. The Morgan fingerprint density at radius 2 is 1.89 bits per heavy atom. The number of nitrogens with zero attached hydrogens (tertiary/aromatic N) is 1. The molecule has 0 aliphatic carbocycles. The van der Waals surface area contributed by atoms with Crippen LogP contribution in [0.1, 0.15) is 31.2 Å². The standard InChI is InChI=1S/C16H23NO2/c1-2-8-15-14(6-1)7-3-4-10-17(15)11-9-16-18-12-5-13-19-16/h1-2,6,8,16H,3-5,7,9-13H2. The Balaban J connectivity index is 1.63. The molecule has 19 heavy (non-hydrogen) atoms. The molecule has 1 saturated heterocycles. The van der Waals surface area contributed by atoms with Crippen LogP contribution in [0.25, 0.3) is 0 Å². The topological polar surface area (TPSA) is 21.7 Å². The molecule has 1 fully saturated rings. The molecule has 3 rings (SSSR count). The number of benzene rings is 1. The predicted molar refractivity (Wildman–Crippen MR) is 76.5 cm³/mol. The molecular weight excluding hydrogens is 238 g/mol. The number of anilines is 1. The van der Waals surface area contributed by atoms with Gasteiger partial charge >= 0.3 is 0 Å². The minimum absolute atomic E-state index is 0.00386. The van der Waals surface area contributed by atoms with Crippen molar-refractivity contribution in [3.05, 3.63) is 29.8 Å². The number of aryl methyl sites for hydroxylation is 1. The average molecular weight is 261 g/mol. The van der Waals surface area contributed by atoms with Crippen LogP contribution < -0.4 is 4.90 Å². The van der Waals surface area contributed by atoms with Gasteiger partial charge in [-0.1, -0.05) is 18.2 Å². The molecule has 0 aromatic heterocycles. The molecule has 0 saturated carbocycles. The summed E-state index contributed by atoms with van der Waals surface area (Å²) in [6.45, 7) is 3.88. The molecule has 0 amide bonds. The summed E-state index contributed by atoms with van der Waals surface area (Å²) in [4.78, 5) is 2.50. The van der Waals surface area contributed by atoms with Gasteiger partial charge in [0.05, 0.1) is 13.2 Å². The van der Waals surface area contributed by atoms with Crippen LogP contribution in [-0.4, -0.2) is 32.6 Å². The Morgan fingerprint density at radius 1 is 1.05 bits per heavy atom. The maximum Gasteiger partial charge on any atom is 0.159 e. The molecule has 0 bridgehead atoms. The van der Waals surface area contributed by atoms with Crippen LogP contribution in [0, 0.1) is 0 Å². The lowest BCUT2D eigenvalue weighted by atomic mass is 10.1. The van der Waals surface area contributed by atoms with E-state index in [1.807, 2.05) is 0 Å². The van der Waals surface area contributed by atoms with Crippen LogP contribution >= 0.6 is 0 Å². The van der Waals surface area contributed by atoms with Crippen molar-refractivity contribution in [3.63, 3.8) is 0 Å². The zero-order valence-corrected chi connectivity index (χ0v) is 11.5. The van der Waals surface area contributed by atoms with Crippen molar-refractivity contribution < 1.29 is 9.47 Å². The maximum absolute atomic E-state index is 5.64. The quantitative estimate of drug-likeness (QED) is 0.835. The third-order valence-corrected chi connectivity index (χ3v) is 3.99. The van der Waals surface area contributed by atoms with E-state index < -0.39 is 0 Å². The lowest BCUT2D eigenvalue weighted by Crippen LogP contribution is -2.32. The van der Waals surface area contributed by atoms with Crippen LogP contribution in [0.4, 0.5) is 5.69 Å². The highest BCUT2D eigenvalue weighted by Crippen LogP contribution is 2.26. The molecule has 1 aromatic rings. The van der Waals surface area contributed by atoms with E-state index in [0.29, 0.717) is 0 Å². The van der Waals surface area contributed by atoms with E-state index in [9.17, 15) is 0 Å². The van der Waals surface area contributed by atoms with Crippen molar-refractivity contribution in [1.29, 1.82) is 0 Å². The van der Waals surface area contributed by atoms with Crippen LogP contribution in [0.2, 0.25) is 0 Å². The van der Waals surface area contributed by atoms with Gasteiger partial charge in [-0.25, -0.2) is 0 Å². The Hall–Kier alpha value is -1.06. The van der Waals surface area contributed by atoms with Crippen molar-refractivity contribution in [2.24, 2.45) is 0 Å². The molecular formula is C16H23NO2. The van der Waals surface area contributed by atoms with E-state index in [1.54, 1.807) is 0 Å². The van der Waals surface area contributed by atoms with E-state index in [-0.39, 0.29) is 6.29 Å². The van der Waals surface area contributed by atoms with Gasteiger partial charge in [-0.15, -0.1) is 0 Å². The normalized spacial score (nSPS) is 20.9. The lowest BCUT2D eigenvalue weighted by Gasteiger charge is -2.29. The fourth-order valence-corrected chi connectivity index (χ4v) is 2.97. The van der Waals surface area contributed by atoms with Crippen molar-refractivity contribution in [1.82, 2.24) is 0 Å². The van der Waals surface area contributed by atoms with Crippen molar-refractivity contribution in [3.8, 4) is 0 Å². The molecule has 0 unspecified atom stereocenters. The van der Waals surface area contributed by atoms with Crippen LogP contribution in [0.15, 0.2) is 24.3 Å². The summed E-state index contributed by atoms with van der Waals surface area (Å²) in [6.07, 6.45) is 5.79. The smallest absolute Gasteiger partial charge is 0.159 e. The Morgan fingerprint density at radius 3 is 2.79 bits per heavy atom. The molecule has 104 valence electrons. The number of hydrogen-bond acceptors (Lipinski definition) is 3. The average Bonchev–Trinajstić information content (AvgIpc) is 2.68. The van der Waals surface area contributed by atoms with Crippen molar-refractivity contribution >= 4 is 5.69 Å². The first-order chi connectivity index (χ1) is 9.43. The molecule has 0 N–H and O–H groups in total. The summed E-state index contributed by atoms with van der Waals surface area (Å²) in [5, 5.41) is 0. The van der Waals surface area contributed by atoms with Gasteiger partial charge in [-0.3, -0.25) is 0 Å². The largest absolute Gasteiger partial charge is 0.371 e. The first-order valence-electron chi connectivity index (χ1n) is 7.49. The molecule has 3 heteroatoms. The number of fused-ring (bicyclic) bond motifs is 1. The van der Waals surface area contributed by atoms with E-state index in [0.717, 1.165) is 39.1 Å². The van der Waals surface area contributed by atoms with Crippen LogP contribution in [0.3, 0.4) is 0 Å². The summed E-state index contributed by atoms with van der Waals surface area (Å²) < 4.78 is 11.3. The number of para-hydroxylation sites is 1. The summed E-state index contributed by atoms with van der Waals surface area (Å²) >= 11 is 0. The third kappa shape index (κ3) is 3.28. The van der Waals surface area contributed by atoms with Gasteiger partial charge in [0, 0.05) is 25.2 Å². The van der Waals surface area contributed by atoms with E-state index in [2.05, 4.69) is 29.2 Å². The molecule has 0 radical (unpaired) electrons. The second-order valence-electron chi connectivity index (χ2n) is 5.39. The molecule has 1 aromatic carbocycles. The minimum atomic E-state index is 0.00386. The molecule has 3 nitrogen and oxygen atoms in total. The highest BCUT2D eigenvalue weighted by molar-refractivity contribution is 5.54. The van der Waals surface area contributed by atoms with Gasteiger partial charge in [0.25, 0.3) is 0 Å². The Bertz CT molecular complexity index is 401. The first-order valence-corrected chi connectivity index (χ1v) is 7.49. The molecule has 2 aliphatic rings. The van der Waals surface area contributed by atoms with E-state index in [4.69, 9.17) is 9.47 Å². The molecule has 2 aliphatic heterocycles. The van der Waals surface area contributed by atoms with Crippen LogP contribution in [-0.2, 0) is 15.9 Å². The summed E-state index contributed by atoms with van der Waals surface area (Å²) in [5.74, 6) is 0. The van der Waals surface area contributed by atoms with Crippen molar-refractivity contribution in [2.75, 3.05) is 31.2 Å². The minimum Gasteiger partial charge on any atom is -0.371 e. The maximum atomic E-state index is 5.64. The van der Waals surface area contributed by atoms with Gasteiger partial charge in [0.15, 0.2) is 6.29 Å². The van der Waals surface area contributed by atoms with Gasteiger partial charge in [-0.05, 0) is 37.3 Å². The highest BCUT2D eigenvalue weighted by Gasteiger charge is 2.18. The summed E-state index contributed by atoms with van der Waals surface area (Å²) in [5.41, 5.74) is 2.90. The fraction of sp³-hybridized carbons (Fsp3) is 0.625. The fourth-order valence-electron chi connectivity index (χ4n) is 2.97. The van der Waals surface area contributed by atoms with Gasteiger partial charge in [-0.2, -0.15) is 0 Å². The lowest BCUT2D eigenvalue weighted by molar-refractivity contribution is -0.179. The molecule has 2 heterocycles. The Kier molecular flexibility index (Phi) is 4.36. The van der Waals surface area contributed by atoms with Crippen molar-refractivity contribution in [2.45, 2.75) is 38.4 Å². The van der Waals surface area contributed by atoms with Gasteiger partial charge < -0.3 is 14.4 Å². The zero-order chi connectivity index (χ0) is 12.9. The summed E-state index contributed by atoms with van der Waals surface area (Å²) in [7, 11) is 0. The first kappa shape index (κ1) is 12.9. The highest BCUT2D eigenvalue weighted by atomic mass is 16.7. The number of ether oxygens (including phenoxy) is 2. The Labute approximate surface area is 115 Å². The van der Waals surface area contributed by atoms with Gasteiger partial charge in [0.2, 0.25) is 0 Å². The van der Waals surface area contributed by atoms with E-state index in [1.165, 1.54) is 30.5 Å². The molecule has 0 atom stereocenters. The summed E-state index contributed by atoms with van der Waals surface area (Å²) in [6, 6.07) is 8.81.